The zero-order valence-electron chi connectivity index (χ0n) is 18.5. The fraction of sp³-hybridized carbons (Fsp3) is 0.250. The molecule has 0 spiro atoms. The second kappa shape index (κ2) is 10.9. The number of aromatic amines is 1. The Kier molecular flexibility index (Phi) is 7.80. The van der Waals surface area contributed by atoms with Crippen molar-refractivity contribution >= 4 is 23.3 Å². The van der Waals surface area contributed by atoms with Crippen LogP contribution < -0.4 is 22.3 Å². The Labute approximate surface area is 191 Å². The fourth-order valence-corrected chi connectivity index (χ4v) is 3.33. The van der Waals surface area contributed by atoms with Crippen molar-refractivity contribution in [2.75, 3.05) is 24.6 Å². The van der Waals surface area contributed by atoms with Crippen LogP contribution in [0.3, 0.4) is 0 Å². The van der Waals surface area contributed by atoms with E-state index in [2.05, 4.69) is 15.3 Å². The Morgan fingerprint density at radius 2 is 1.85 bits per heavy atom. The van der Waals surface area contributed by atoms with Gasteiger partial charge >= 0.3 is 0 Å². The van der Waals surface area contributed by atoms with Gasteiger partial charge in [-0.1, -0.05) is 37.3 Å². The van der Waals surface area contributed by atoms with Gasteiger partial charge in [-0.15, -0.1) is 0 Å². The first kappa shape index (κ1) is 23.5. The number of aromatic nitrogens is 2. The lowest BCUT2D eigenvalue weighted by molar-refractivity contribution is 0.0740. The minimum atomic E-state index is -0.371. The van der Waals surface area contributed by atoms with E-state index in [0.717, 1.165) is 5.56 Å². The lowest BCUT2D eigenvalue weighted by Crippen LogP contribution is -2.35. The summed E-state index contributed by atoms with van der Waals surface area (Å²) < 4.78 is 0. The monoisotopic (exact) mass is 448 g/mol. The average molecular weight is 449 g/mol. The number of amides is 2. The average Bonchev–Trinajstić information content (AvgIpc) is 2.82. The normalized spacial score (nSPS) is 10.6. The minimum absolute atomic E-state index is 0.103. The van der Waals surface area contributed by atoms with Gasteiger partial charge in [-0.05, 0) is 36.6 Å². The van der Waals surface area contributed by atoms with Crippen molar-refractivity contribution in [2.24, 2.45) is 0 Å². The molecule has 0 fully saturated rings. The van der Waals surface area contributed by atoms with Crippen LogP contribution in [0.15, 0.2) is 59.4 Å². The predicted octanol–water partition coefficient (Wildman–Crippen LogP) is 1.96. The first-order chi connectivity index (χ1) is 15.9. The molecule has 2 amide bonds. The Balaban J connectivity index is 1.67. The van der Waals surface area contributed by atoms with E-state index in [0.29, 0.717) is 49.4 Å². The molecule has 0 aliphatic rings. The van der Waals surface area contributed by atoms with Crippen LogP contribution in [0.5, 0.6) is 0 Å². The molecule has 9 heteroatoms. The highest BCUT2D eigenvalue weighted by atomic mass is 16.2. The maximum absolute atomic E-state index is 13.2. The SMILES string of the molecule is CCc1cc(C(=O)N(CCCNC(=O)c2ccc(N)c(N)n2)Cc2ccccc2)cc(=O)[nH]1. The molecular formula is C24H28N6O3. The van der Waals surface area contributed by atoms with Crippen molar-refractivity contribution in [1.82, 2.24) is 20.2 Å². The number of rotatable bonds is 9. The zero-order chi connectivity index (χ0) is 23.8. The third-order valence-electron chi connectivity index (χ3n) is 5.11. The van der Waals surface area contributed by atoms with Crippen molar-refractivity contribution < 1.29 is 9.59 Å². The van der Waals surface area contributed by atoms with E-state index in [1.807, 2.05) is 37.3 Å². The Morgan fingerprint density at radius 3 is 2.55 bits per heavy atom. The second-order valence-electron chi connectivity index (χ2n) is 7.60. The van der Waals surface area contributed by atoms with Gasteiger partial charge in [0.2, 0.25) is 5.56 Å². The number of anilines is 2. The fourth-order valence-electron chi connectivity index (χ4n) is 3.33. The molecule has 0 aliphatic carbocycles. The molecule has 2 heterocycles. The number of pyridine rings is 2. The van der Waals surface area contributed by atoms with Crippen molar-refractivity contribution in [3.05, 3.63) is 87.5 Å². The lowest BCUT2D eigenvalue weighted by Gasteiger charge is -2.23. The van der Waals surface area contributed by atoms with E-state index in [4.69, 9.17) is 11.5 Å². The second-order valence-corrected chi connectivity index (χ2v) is 7.60. The van der Waals surface area contributed by atoms with Gasteiger partial charge in [0.1, 0.15) is 11.5 Å². The molecular weight excluding hydrogens is 420 g/mol. The summed E-state index contributed by atoms with van der Waals surface area (Å²) in [7, 11) is 0. The molecule has 9 nitrogen and oxygen atoms in total. The summed E-state index contributed by atoms with van der Waals surface area (Å²) in [5.74, 6) is -0.504. The van der Waals surface area contributed by atoms with E-state index in [1.54, 1.807) is 11.0 Å². The first-order valence-electron chi connectivity index (χ1n) is 10.7. The number of aryl methyl sites for hydroxylation is 1. The van der Waals surface area contributed by atoms with E-state index in [1.165, 1.54) is 18.2 Å². The van der Waals surface area contributed by atoms with Crippen LogP contribution in [0.1, 0.15) is 45.4 Å². The zero-order valence-corrected chi connectivity index (χ0v) is 18.5. The summed E-state index contributed by atoms with van der Waals surface area (Å²) >= 11 is 0. The number of hydrogen-bond acceptors (Lipinski definition) is 6. The van der Waals surface area contributed by atoms with Gasteiger partial charge in [-0.3, -0.25) is 14.4 Å². The van der Waals surface area contributed by atoms with Crippen LogP contribution in [0.4, 0.5) is 11.5 Å². The van der Waals surface area contributed by atoms with Crippen molar-refractivity contribution in [3.8, 4) is 0 Å². The molecule has 33 heavy (non-hydrogen) atoms. The molecule has 3 aromatic rings. The van der Waals surface area contributed by atoms with E-state index < -0.39 is 0 Å². The minimum Gasteiger partial charge on any atom is -0.396 e. The number of nitrogen functional groups attached to an aromatic ring is 2. The summed E-state index contributed by atoms with van der Waals surface area (Å²) in [4.78, 5) is 45.9. The molecule has 6 N–H and O–H groups in total. The molecule has 0 aliphatic heterocycles. The number of benzene rings is 1. The van der Waals surface area contributed by atoms with Gasteiger partial charge in [0, 0.05) is 37.0 Å². The van der Waals surface area contributed by atoms with E-state index in [-0.39, 0.29) is 28.9 Å². The van der Waals surface area contributed by atoms with Gasteiger partial charge in [-0.25, -0.2) is 4.98 Å². The lowest BCUT2D eigenvalue weighted by atomic mass is 10.1. The van der Waals surface area contributed by atoms with Crippen molar-refractivity contribution in [1.29, 1.82) is 0 Å². The summed E-state index contributed by atoms with van der Waals surface area (Å²) in [6, 6.07) is 15.7. The summed E-state index contributed by atoms with van der Waals surface area (Å²) in [5, 5.41) is 2.78. The standard InChI is InChI=1S/C24H28N6O3/c1-2-18-13-17(14-21(31)28-18)24(33)30(15-16-7-4-3-5-8-16)12-6-11-27-23(32)20-10-9-19(25)22(26)29-20/h3-5,7-10,13-14H,2,6,11-12,15,25H2,1H3,(H2,26,29)(H,27,32)(H,28,31). The smallest absolute Gasteiger partial charge is 0.269 e. The predicted molar refractivity (Wildman–Crippen MR) is 128 cm³/mol. The van der Waals surface area contributed by atoms with Crippen LogP contribution in [0.2, 0.25) is 0 Å². The van der Waals surface area contributed by atoms with Crippen molar-refractivity contribution in [3.63, 3.8) is 0 Å². The van der Waals surface area contributed by atoms with Gasteiger partial charge in [0.05, 0.1) is 5.69 Å². The van der Waals surface area contributed by atoms with E-state index >= 15 is 0 Å². The molecule has 0 unspecified atom stereocenters. The molecule has 0 saturated carbocycles. The van der Waals surface area contributed by atoms with Gasteiger partial charge in [0.15, 0.2) is 0 Å². The Bertz CT molecular complexity index is 1180. The Hall–Kier alpha value is -4.14. The molecule has 172 valence electrons. The van der Waals surface area contributed by atoms with Gasteiger partial charge in [0.25, 0.3) is 11.8 Å². The number of hydrogen-bond donors (Lipinski definition) is 4. The number of H-pyrrole nitrogens is 1. The molecule has 0 bridgehead atoms. The molecule has 0 atom stereocenters. The summed E-state index contributed by atoms with van der Waals surface area (Å²) in [5.41, 5.74) is 13.5. The van der Waals surface area contributed by atoms with Crippen molar-refractivity contribution in [2.45, 2.75) is 26.3 Å². The highest BCUT2D eigenvalue weighted by molar-refractivity contribution is 5.94. The van der Waals surface area contributed by atoms with E-state index in [9.17, 15) is 14.4 Å². The van der Waals surface area contributed by atoms with Crippen LogP contribution in [0, 0.1) is 0 Å². The number of carbonyl (C=O) groups excluding carboxylic acids is 2. The third-order valence-corrected chi connectivity index (χ3v) is 5.11. The molecule has 1 aromatic carbocycles. The number of nitrogens with zero attached hydrogens (tertiary/aromatic N) is 2. The molecule has 0 saturated heterocycles. The largest absolute Gasteiger partial charge is 0.396 e. The van der Waals surface area contributed by atoms with Gasteiger partial charge in [-0.2, -0.15) is 0 Å². The Morgan fingerprint density at radius 1 is 1.09 bits per heavy atom. The highest BCUT2D eigenvalue weighted by Crippen LogP contribution is 2.12. The molecule has 2 aromatic heterocycles. The maximum Gasteiger partial charge on any atom is 0.269 e. The van der Waals surface area contributed by atoms with Crippen LogP contribution in [0.25, 0.3) is 0 Å². The first-order valence-corrected chi connectivity index (χ1v) is 10.7. The highest BCUT2D eigenvalue weighted by Gasteiger charge is 2.18. The quantitative estimate of drug-likeness (QED) is 0.368. The maximum atomic E-state index is 13.2. The summed E-state index contributed by atoms with van der Waals surface area (Å²) in [6.07, 6.45) is 1.13. The van der Waals surface area contributed by atoms with Crippen LogP contribution >= 0.6 is 0 Å². The third kappa shape index (κ3) is 6.42. The molecule has 0 radical (unpaired) electrons. The topological polar surface area (TPSA) is 147 Å². The van der Waals surface area contributed by atoms with Crippen LogP contribution in [-0.2, 0) is 13.0 Å². The summed E-state index contributed by atoms with van der Waals surface area (Å²) in [6.45, 7) is 3.02. The number of carbonyl (C=O) groups is 2. The number of nitrogens with two attached hydrogens (primary N) is 2. The van der Waals surface area contributed by atoms with Crippen LogP contribution in [-0.4, -0.2) is 39.8 Å². The number of nitrogens with one attached hydrogen (secondary N) is 2. The molecule has 3 rings (SSSR count). The van der Waals surface area contributed by atoms with Gasteiger partial charge < -0.3 is 26.7 Å².